The van der Waals surface area contributed by atoms with E-state index in [2.05, 4.69) is 57.0 Å². The summed E-state index contributed by atoms with van der Waals surface area (Å²) in [5, 5.41) is 0. The molecular weight excluding hydrogens is 232 g/mol. The van der Waals surface area contributed by atoms with Gasteiger partial charge in [-0.05, 0) is 48.9 Å². The summed E-state index contributed by atoms with van der Waals surface area (Å²) in [6.45, 7) is 8.64. The average Bonchev–Trinajstić information content (AvgIpc) is 2.39. The smallest absolute Gasteiger partial charge is 0.0348 e. The molecule has 0 bridgehead atoms. The predicted molar refractivity (Wildman–Crippen MR) is 82.3 cm³/mol. The molecule has 0 spiro atoms. The number of rotatable bonds is 4. The summed E-state index contributed by atoms with van der Waals surface area (Å²) in [6.07, 6.45) is 2.55. The third kappa shape index (κ3) is 3.18. The van der Waals surface area contributed by atoms with Crippen molar-refractivity contribution in [2.45, 2.75) is 45.6 Å². The van der Waals surface area contributed by atoms with Crippen molar-refractivity contribution in [3.8, 4) is 0 Å². The molecule has 0 saturated heterocycles. The van der Waals surface area contributed by atoms with Crippen molar-refractivity contribution in [3.63, 3.8) is 0 Å². The molecule has 0 saturated carbocycles. The minimum absolute atomic E-state index is 0.187. The number of nitrogens with zero attached hydrogens (tertiary/aromatic N) is 1. The van der Waals surface area contributed by atoms with Gasteiger partial charge in [0.05, 0.1) is 0 Å². The molecule has 0 aliphatic heterocycles. The third-order valence-electron chi connectivity index (χ3n) is 4.52. The van der Waals surface area contributed by atoms with Crippen molar-refractivity contribution in [2.24, 2.45) is 11.1 Å². The highest BCUT2D eigenvalue weighted by atomic mass is 15.1. The van der Waals surface area contributed by atoms with E-state index in [4.69, 9.17) is 5.73 Å². The maximum absolute atomic E-state index is 5.87. The SMILES string of the molecule is CC1CCC(N(C)CC(C)(C)CN)c2ccccc21. The normalized spacial score (nSPS) is 23.5. The molecule has 1 aromatic rings. The molecule has 2 heteroatoms. The standard InChI is InChI=1S/C17H28N2/c1-13-9-10-16(15-8-6-5-7-14(13)15)19(4)12-17(2,3)11-18/h5-8,13,16H,9-12,18H2,1-4H3. The van der Waals surface area contributed by atoms with Crippen LogP contribution in [0, 0.1) is 5.41 Å². The molecule has 1 aliphatic rings. The van der Waals surface area contributed by atoms with Crippen LogP contribution in [0.4, 0.5) is 0 Å². The second-order valence-electron chi connectivity index (χ2n) is 6.91. The van der Waals surface area contributed by atoms with Gasteiger partial charge in [0.1, 0.15) is 0 Å². The van der Waals surface area contributed by atoms with Gasteiger partial charge in [0.25, 0.3) is 0 Å². The van der Waals surface area contributed by atoms with Gasteiger partial charge in [0.2, 0.25) is 0 Å². The van der Waals surface area contributed by atoms with Gasteiger partial charge in [-0.2, -0.15) is 0 Å². The summed E-state index contributed by atoms with van der Waals surface area (Å²) in [6, 6.07) is 9.50. The Labute approximate surface area is 118 Å². The predicted octanol–water partition coefficient (Wildman–Crippen LogP) is 3.54. The molecule has 106 valence electrons. The molecule has 0 aromatic heterocycles. The molecule has 2 N–H and O–H groups in total. The summed E-state index contributed by atoms with van der Waals surface area (Å²) >= 11 is 0. The van der Waals surface area contributed by atoms with Crippen molar-refractivity contribution in [3.05, 3.63) is 35.4 Å². The summed E-state index contributed by atoms with van der Waals surface area (Å²) in [4.78, 5) is 2.50. The summed E-state index contributed by atoms with van der Waals surface area (Å²) < 4.78 is 0. The van der Waals surface area contributed by atoms with Gasteiger partial charge in [0, 0.05) is 12.6 Å². The van der Waals surface area contributed by atoms with Crippen molar-refractivity contribution in [2.75, 3.05) is 20.1 Å². The lowest BCUT2D eigenvalue weighted by Gasteiger charge is -2.39. The largest absolute Gasteiger partial charge is 0.330 e. The lowest BCUT2D eigenvalue weighted by atomic mass is 9.80. The van der Waals surface area contributed by atoms with E-state index < -0.39 is 0 Å². The van der Waals surface area contributed by atoms with Crippen LogP contribution >= 0.6 is 0 Å². The number of hydrogen-bond acceptors (Lipinski definition) is 2. The molecule has 1 aliphatic carbocycles. The molecule has 0 fully saturated rings. The minimum Gasteiger partial charge on any atom is -0.330 e. The Balaban J connectivity index is 2.20. The van der Waals surface area contributed by atoms with Crippen molar-refractivity contribution in [1.29, 1.82) is 0 Å². The first-order valence-corrected chi connectivity index (χ1v) is 7.44. The van der Waals surface area contributed by atoms with E-state index >= 15 is 0 Å². The minimum atomic E-state index is 0.187. The number of benzene rings is 1. The molecule has 2 nitrogen and oxygen atoms in total. The zero-order chi connectivity index (χ0) is 14.0. The Kier molecular flexibility index (Phi) is 4.32. The zero-order valence-corrected chi connectivity index (χ0v) is 12.8. The van der Waals surface area contributed by atoms with Crippen molar-refractivity contribution < 1.29 is 0 Å². The van der Waals surface area contributed by atoms with E-state index in [1.54, 1.807) is 0 Å². The van der Waals surface area contributed by atoms with Crippen LogP contribution in [0.25, 0.3) is 0 Å². The Morgan fingerprint density at radius 1 is 1.21 bits per heavy atom. The Morgan fingerprint density at radius 3 is 2.47 bits per heavy atom. The highest BCUT2D eigenvalue weighted by molar-refractivity contribution is 5.35. The van der Waals surface area contributed by atoms with Gasteiger partial charge in [-0.1, -0.05) is 45.0 Å². The Morgan fingerprint density at radius 2 is 1.84 bits per heavy atom. The third-order valence-corrected chi connectivity index (χ3v) is 4.52. The highest BCUT2D eigenvalue weighted by Gasteiger charge is 2.29. The van der Waals surface area contributed by atoms with E-state index in [0.717, 1.165) is 13.1 Å². The van der Waals surface area contributed by atoms with Crippen LogP contribution in [0.5, 0.6) is 0 Å². The van der Waals surface area contributed by atoms with E-state index in [0.29, 0.717) is 12.0 Å². The van der Waals surface area contributed by atoms with Crippen LogP contribution in [-0.4, -0.2) is 25.0 Å². The monoisotopic (exact) mass is 260 g/mol. The Bertz CT molecular complexity index is 425. The maximum atomic E-state index is 5.87. The fourth-order valence-corrected chi connectivity index (χ4v) is 3.29. The van der Waals surface area contributed by atoms with Gasteiger partial charge in [-0.3, -0.25) is 4.90 Å². The first-order valence-electron chi connectivity index (χ1n) is 7.44. The molecule has 2 unspecified atom stereocenters. The molecule has 19 heavy (non-hydrogen) atoms. The highest BCUT2D eigenvalue weighted by Crippen LogP contribution is 2.40. The zero-order valence-electron chi connectivity index (χ0n) is 12.8. The van der Waals surface area contributed by atoms with Crippen LogP contribution in [-0.2, 0) is 0 Å². The van der Waals surface area contributed by atoms with E-state index in [-0.39, 0.29) is 5.41 Å². The molecule has 2 rings (SSSR count). The molecule has 0 radical (unpaired) electrons. The second kappa shape index (κ2) is 5.64. The maximum Gasteiger partial charge on any atom is 0.0348 e. The Hall–Kier alpha value is -0.860. The lowest BCUT2D eigenvalue weighted by molar-refractivity contribution is 0.149. The lowest BCUT2D eigenvalue weighted by Crippen LogP contribution is -2.39. The van der Waals surface area contributed by atoms with Gasteiger partial charge < -0.3 is 5.73 Å². The molecule has 2 atom stereocenters. The fraction of sp³-hybridized carbons (Fsp3) is 0.647. The van der Waals surface area contributed by atoms with E-state index in [1.165, 1.54) is 24.0 Å². The van der Waals surface area contributed by atoms with Gasteiger partial charge in [-0.25, -0.2) is 0 Å². The molecule has 0 heterocycles. The molecule has 0 amide bonds. The first-order chi connectivity index (χ1) is 8.94. The average molecular weight is 260 g/mol. The quantitative estimate of drug-likeness (QED) is 0.897. The van der Waals surface area contributed by atoms with Crippen LogP contribution in [0.2, 0.25) is 0 Å². The number of nitrogens with two attached hydrogens (primary N) is 1. The van der Waals surface area contributed by atoms with Gasteiger partial charge in [0.15, 0.2) is 0 Å². The number of fused-ring (bicyclic) bond motifs is 1. The van der Waals surface area contributed by atoms with Crippen LogP contribution in [0.1, 0.15) is 56.7 Å². The van der Waals surface area contributed by atoms with E-state index in [9.17, 15) is 0 Å². The van der Waals surface area contributed by atoms with Crippen LogP contribution < -0.4 is 5.73 Å². The summed E-state index contributed by atoms with van der Waals surface area (Å²) in [5.74, 6) is 0.698. The van der Waals surface area contributed by atoms with Crippen LogP contribution in [0.3, 0.4) is 0 Å². The number of hydrogen-bond donors (Lipinski definition) is 1. The van der Waals surface area contributed by atoms with Crippen molar-refractivity contribution in [1.82, 2.24) is 4.90 Å². The topological polar surface area (TPSA) is 29.3 Å². The van der Waals surface area contributed by atoms with Crippen LogP contribution in [0.15, 0.2) is 24.3 Å². The van der Waals surface area contributed by atoms with Crippen molar-refractivity contribution >= 4 is 0 Å². The summed E-state index contributed by atoms with van der Waals surface area (Å²) in [7, 11) is 2.24. The summed E-state index contributed by atoms with van der Waals surface area (Å²) in [5.41, 5.74) is 9.12. The molecular formula is C17H28N2. The van der Waals surface area contributed by atoms with Gasteiger partial charge >= 0.3 is 0 Å². The first kappa shape index (κ1) is 14.5. The second-order valence-corrected chi connectivity index (χ2v) is 6.91. The van der Waals surface area contributed by atoms with E-state index in [1.807, 2.05) is 0 Å². The van der Waals surface area contributed by atoms with Gasteiger partial charge in [-0.15, -0.1) is 0 Å². The fourth-order valence-electron chi connectivity index (χ4n) is 3.29. The molecule has 1 aromatic carbocycles.